The van der Waals surface area contributed by atoms with Crippen molar-refractivity contribution in [1.29, 1.82) is 0 Å². The average molecular weight is 246 g/mol. The molecule has 90 valence electrons. The molecule has 0 aromatic heterocycles. The van der Waals surface area contributed by atoms with Crippen LogP contribution in [0.15, 0.2) is 29.2 Å². The van der Waals surface area contributed by atoms with Gasteiger partial charge in [-0.05, 0) is 43.2 Å². The second-order valence-electron chi connectivity index (χ2n) is 5.18. The predicted molar refractivity (Wildman–Crippen MR) is 71.5 cm³/mol. The maximum Gasteiger partial charge on any atom is 0.135 e. The zero-order chi connectivity index (χ0) is 11.7. The zero-order valence-electron chi connectivity index (χ0n) is 10.0. The van der Waals surface area contributed by atoms with E-state index in [1.807, 2.05) is 11.8 Å². The second-order valence-corrected chi connectivity index (χ2v) is 6.24. The fraction of sp³-hybridized carbons (Fsp3) is 0.533. The molecule has 0 bridgehead atoms. The highest BCUT2D eigenvalue weighted by molar-refractivity contribution is 7.99. The highest BCUT2D eigenvalue weighted by Gasteiger charge is 2.29. The molecule has 1 aromatic rings. The highest BCUT2D eigenvalue weighted by atomic mass is 32.2. The minimum absolute atomic E-state index is 0.445. The molecule has 1 nitrogen and oxygen atoms in total. The summed E-state index contributed by atoms with van der Waals surface area (Å²) in [5.41, 5.74) is 1.51. The third-order valence-corrected chi connectivity index (χ3v) is 5.06. The predicted octanol–water partition coefficient (Wildman–Crippen LogP) is 4.03. The van der Waals surface area contributed by atoms with Crippen molar-refractivity contribution >= 4 is 17.5 Å². The van der Waals surface area contributed by atoms with E-state index < -0.39 is 0 Å². The summed E-state index contributed by atoms with van der Waals surface area (Å²) in [5, 5.41) is 0. The summed E-state index contributed by atoms with van der Waals surface area (Å²) >= 11 is 1.97. The Kier molecular flexibility index (Phi) is 3.24. The van der Waals surface area contributed by atoms with Gasteiger partial charge in [0.1, 0.15) is 5.78 Å². The highest BCUT2D eigenvalue weighted by Crippen LogP contribution is 2.42. The minimum Gasteiger partial charge on any atom is -0.299 e. The van der Waals surface area contributed by atoms with E-state index in [-0.39, 0.29) is 0 Å². The molecule has 17 heavy (non-hydrogen) atoms. The Morgan fingerprint density at radius 1 is 1.29 bits per heavy atom. The van der Waals surface area contributed by atoms with E-state index in [1.54, 1.807) is 0 Å². The van der Waals surface area contributed by atoms with E-state index in [2.05, 4.69) is 24.3 Å². The fourth-order valence-corrected chi connectivity index (χ4v) is 3.90. The lowest BCUT2D eigenvalue weighted by atomic mass is 9.94. The summed E-state index contributed by atoms with van der Waals surface area (Å²) in [4.78, 5) is 13.1. The molecule has 1 aliphatic carbocycles. The number of hydrogen-bond acceptors (Lipinski definition) is 2. The number of hydrogen-bond donors (Lipinski definition) is 0. The first-order valence-electron chi connectivity index (χ1n) is 6.59. The SMILES string of the molecule is O=C(CCCC1CSc2ccccc21)C1CC1. The van der Waals surface area contributed by atoms with Crippen LogP contribution in [0.25, 0.3) is 0 Å². The molecule has 0 spiro atoms. The summed E-state index contributed by atoms with van der Waals surface area (Å²) in [6.07, 6.45) is 5.38. The van der Waals surface area contributed by atoms with Gasteiger partial charge in [-0.25, -0.2) is 0 Å². The number of carbonyl (C=O) groups is 1. The second kappa shape index (κ2) is 4.85. The van der Waals surface area contributed by atoms with Crippen LogP contribution in [0.4, 0.5) is 0 Å². The maximum atomic E-state index is 11.6. The van der Waals surface area contributed by atoms with Crippen LogP contribution in [-0.2, 0) is 4.79 Å². The molecule has 1 aromatic carbocycles. The van der Waals surface area contributed by atoms with Crippen molar-refractivity contribution in [2.75, 3.05) is 5.75 Å². The fourth-order valence-electron chi connectivity index (χ4n) is 2.60. The maximum absolute atomic E-state index is 11.6. The summed E-state index contributed by atoms with van der Waals surface area (Å²) in [5.74, 6) is 2.85. The molecule has 0 N–H and O–H groups in total. The van der Waals surface area contributed by atoms with Gasteiger partial charge in [-0.1, -0.05) is 18.2 Å². The van der Waals surface area contributed by atoms with Crippen molar-refractivity contribution in [1.82, 2.24) is 0 Å². The summed E-state index contributed by atoms with van der Waals surface area (Å²) in [6.45, 7) is 0. The quantitative estimate of drug-likeness (QED) is 0.780. The molecule has 1 fully saturated rings. The van der Waals surface area contributed by atoms with Crippen molar-refractivity contribution in [2.45, 2.75) is 42.9 Å². The standard InChI is InChI=1S/C15H18OS/c16-14(11-8-9-11)6-3-4-12-10-17-15-7-2-1-5-13(12)15/h1-2,5,7,11-12H,3-4,6,8-10H2. The van der Waals surface area contributed by atoms with Gasteiger partial charge in [0.2, 0.25) is 0 Å². The smallest absolute Gasteiger partial charge is 0.135 e. The minimum atomic E-state index is 0.445. The van der Waals surface area contributed by atoms with Crippen LogP contribution in [0.1, 0.15) is 43.6 Å². The van der Waals surface area contributed by atoms with Gasteiger partial charge in [-0.2, -0.15) is 0 Å². The Balaban J connectivity index is 1.51. The molecule has 1 saturated carbocycles. The normalized spacial score (nSPS) is 22.5. The number of carbonyl (C=O) groups excluding carboxylic acids is 1. The Morgan fingerprint density at radius 3 is 2.94 bits per heavy atom. The molecule has 0 saturated heterocycles. The first kappa shape index (κ1) is 11.3. The molecule has 1 aliphatic heterocycles. The van der Waals surface area contributed by atoms with Gasteiger partial charge in [0.25, 0.3) is 0 Å². The number of rotatable bonds is 5. The van der Waals surface area contributed by atoms with Crippen molar-refractivity contribution in [2.24, 2.45) is 5.92 Å². The van der Waals surface area contributed by atoms with Crippen LogP contribution in [0.3, 0.4) is 0 Å². The lowest BCUT2D eigenvalue weighted by molar-refractivity contribution is -0.120. The molecule has 1 unspecified atom stereocenters. The van der Waals surface area contributed by atoms with Crippen LogP contribution in [0.5, 0.6) is 0 Å². The molecular weight excluding hydrogens is 228 g/mol. The first-order valence-corrected chi connectivity index (χ1v) is 7.57. The van der Waals surface area contributed by atoms with E-state index >= 15 is 0 Å². The van der Waals surface area contributed by atoms with Gasteiger partial charge >= 0.3 is 0 Å². The molecular formula is C15H18OS. The van der Waals surface area contributed by atoms with Crippen LogP contribution < -0.4 is 0 Å². The van der Waals surface area contributed by atoms with Gasteiger partial charge in [-0.15, -0.1) is 11.8 Å². The molecule has 0 radical (unpaired) electrons. The van der Waals surface area contributed by atoms with Gasteiger partial charge in [0.15, 0.2) is 0 Å². The molecule has 2 heteroatoms. The number of thioether (sulfide) groups is 1. The van der Waals surface area contributed by atoms with Crippen molar-refractivity contribution in [3.8, 4) is 0 Å². The largest absolute Gasteiger partial charge is 0.299 e. The van der Waals surface area contributed by atoms with Crippen molar-refractivity contribution < 1.29 is 4.79 Å². The van der Waals surface area contributed by atoms with Crippen LogP contribution in [-0.4, -0.2) is 11.5 Å². The number of ketones is 1. The number of benzene rings is 1. The number of Topliss-reactive ketones (excluding diaryl/α,β-unsaturated/α-hetero) is 1. The van der Waals surface area contributed by atoms with E-state index in [0.29, 0.717) is 17.6 Å². The molecule has 1 atom stereocenters. The molecule has 2 aliphatic rings. The summed E-state index contributed by atoms with van der Waals surface area (Å²) in [6, 6.07) is 8.72. The lowest BCUT2D eigenvalue weighted by Crippen LogP contribution is -2.02. The van der Waals surface area contributed by atoms with Gasteiger partial charge in [0, 0.05) is 23.0 Å². The van der Waals surface area contributed by atoms with Crippen LogP contribution >= 0.6 is 11.8 Å². The van der Waals surface area contributed by atoms with Crippen LogP contribution in [0.2, 0.25) is 0 Å². The Labute approximate surface area is 107 Å². The monoisotopic (exact) mass is 246 g/mol. The Bertz CT molecular complexity index is 423. The third kappa shape index (κ3) is 2.57. The van der Waals surface area contributed by atoms with E-state index in [9.17, 15) is 4.79 Å². The summed E-state index contributed by atoms with van der Waals surface area (Å²) < 4.78 is 0. The first-order chi connectivity index (χ1) is 8.34. The zero-order valence-corrected chi connectivity index (χ0v) is 10.8. The van der Waals surface area contributed by atoms with Crippen molar-refractivity contribution in [3.05, 3.63) is 29.8 Å². The van der Waals surface area contributed by atoms with Gasteiger partial charge in [-0.3, -0.25) is 4.79 Å². The molecule has 0 amide bonds. The average Bonchev–Trinajstić information content (AvgIpc) is 3.12. The molecule has 3 rings (SSSR count). The van der Waals surface area contributed by atoms with Gasteiger partial charge in [0.05, 0.1) is 0 Å². The number of fused-ring (bicyclic) bond motifs is 1. The Hall–Kier alpha value is -0.760. The van der Waals surface area contributed by atoms with E-state index in [4.69, 9.17) is 0 Å². The van der Waals surface area contributed by atoms with E-state index in [0.717, 1.165) is 25.7 Å². The lowest BCUT2D eigenvalue weighted by Gasteiger charge is -2.09. The van der Waals surface area contributed by atoms with Gasteiger partial charge < -0.3 is 0 Å². The third-order valence-electron chi connectivity index (χ3n) is 3.81. The van der Waals surface area contributed by atoms with Crippen molar-refractivity contribution in [3.63, 3.8) is 0 Å². The topological polar surface area (TPSA) is 17.1 Å². The Morgan fingerprint density at radius 2 is 2.12 bits per heavy atom. The van der Waals surface area contributed by atoms with Crippen LogP contribution in [0, 0.1) is 5.92 Å². The molecule has 1 heterocycles. The van der Waals surface area contributed by atoms with E-state index in [1.165, 1.54) is 22.6 Å². The summed E-state index contributed by atoms with van der Waals surface area (Å²) in [7, 11) is 0.